The summed E-state index contributed by atoms with van der Waals surface area (Å²) in [5.41, 5.74) is 0.596. The largest absolute Gasteiger partial charge is 0.388 e. The van der Waals surface area contributed by atoms with Gasteiger partial charge in [-0.25, -0.2) is 0 Å². The lowest BCUT2D eigenvalue weighted by Crippen LogP contribution is -2.45. The number of hydrogen-bond acceptors (Lipinski definition) is 2. The first-order valence-corrected chi connectivity index (χ1v) is 8.78. The quantitative estimate of drug-likeness (QED) is 0.322. The molecule has 1 aromatic carbocycles. The third-order valence-corrected chi connectivity index (χ3v) is 4.63. The predicted octanol–water partition coefficient (Wildman–Crippen LogP) is 3.90. The van der Waals surface area contributed by atoms with Crippen molar-refractivity contribution in [2.24, 2.45) is 4.99 Å². The first kappa shape index (κ1) is 23.2. The lowest BCUT2D eigenvalue weighted by molar-refractivity contribution is 0.0417. The van der Waals surface area contributed by atoms with Crippen molar-refractivity contribution >= 4 is 29.9 Å². The second-order valence-corrected chi connectivity index (χ2v) is 6.26. The molecule has 0 heterocycles. The van der Waals surface area contributed by atoms with Crippen molar-refractivity contribution in [3.63, 3.8) is 0 Å². The fourth-order valence-electron chi connectivity index (χ4n) is 2.41. The first-order valence-electron chi connectivity index (χ1n) is 8.78. The van der Waals surface area contributed by atoms with Gasteiger partial charge in [-0.2, -0.15) is 0 Å². The van der Waals surface area contributed by atoms with Gasteiger partial charge in [0.15, 0.2) is 5.96 Å². The van der Waals surface area contributed by atoms with Gasteiger partial charge in [-0.05, 0) is 32.3 Å². The molecule has 0 amide bonds. The van der Waals surface area contributed by atoms with Gasteiger partial charge in [0.2, 0.25) is 0 Å². The Morgan fingerprint density at radius 1 is 1.12 bits per heavy atom. The number of aliphatic hydroxyl groups is 1. The molecule has 3 N–H and O–H groups in total. The molecule has 4 nitrogen and oxygen atoms in total. The Bertz CT molecular complexity index is 475. The number of rotatable bonds is 8. The maximum atomic E-state index is 10.4. The van der Waals surface area contributed by atoms with E-state index in [1.54, 1.807) is 0 Å². The van der Waals surface area contributed by atoms with Crippen molar-refractivity contribution in [1.29, 1.82) is 0 Å². The molecule has 0 saturated carbocycles. The minimum atomic E-state index is -0.712. The van der Waals surface area contributed by atoms with Crippen LogP contribution in [0.4, 0.5) is 0 Å². The molecule has 5 heteroatoms. The Morgan fingerprint density at radius 3 is 2.21 bits per heavy atom. The molecule has 1 aromatic rings. The molecule has 24 heavy (non-hydrogen) atoms. The van der Waals surface area contributed by atoms with Crippen LogP contribution in [0.5, 0.6) is 0 Å². The number of nitrogens with zero attached hydrogens (tertiary/aromatic N) is 1. The lowest BCUT2D eigenvalue weighted by Gasteiger charge is -2.26. The molecule has 0 saturated heterocycles. The summed E-state index contributed by atoms with van der Waals surface area (Å²) in [6, 6.07) is 10.7. The first-order chi connectivity index (χ1) is 11.0. The van der Waals surface area contributed by atoms with E-state index in [1.807, 2.05) is 26.8 Å². The van der Waals surface area contributed by atoms with Gasteiger partial charge in [0, 0.05) is 18.5 Å². The maximum absolute atomic E-state index is 10.4. The monoisotopic (exact) mass is 447 g/mol. The highest BCUT2D eigenvalue weighted by atomic mass is 127. The summed E-state index contributed by atoms with van der Waals surface area (Å²) in [7, 11) is 0. The van der Waals surface area contributed by atoms with Crippen molar-refractivity contribution in [2.45, 2.75) is 65.0 Å². The molecule has 0 spiro atoms. The average Bonchev–Trinajstić information content (AvgIpc) is 2.59. The molecule has 2 atom stereocenters. The Morgan fingerprint density at radius 2 is 1.71 bits per heavy atom. The zero-order valence-electron chi connectivity index (χ0n) is 15.7. The highest BCUT2D eigenvalue weighted by Gasteiger charge is 2.22. The van der Waals surface area contributed by atoms with E-state index in [1.165, 1.54) is 5.56 Å². The highest BCUT2D eigenvalue weighted by molar-refractivity contribution is 14.0. The van der Waals surface area contributed by atoms with Gasteiger partial charge < -0.3 is 15.7 Å². The van der Waals surface area contributed by atoms with Crippen LogP contribution in [0.2, 0.25) is 0 Å². The molecule has 1 rings (SSSR count). The van der Waals surface area contributed by atoms with E-state index in [0.29, 0.717) is 25.3 Å². The third kappa shape index (κ3) is 7.38. The molecular formula is C19H34IN3O. The third-order valence-electron chi connectivity index (χ3n) is 4.63. The zero-order chi connectivity index (χ0) is 17.3. The van der Waals surface area contributed by atoms with Crippen LogP contribution in [-0.4, -0.2) is 35.8 Å². The number of aliphatic imine (C=N–C) groups is 1. The van der Waals surface area contributed by atoms with Crippen molar-refractivity contribution in [1.82, 2.24) is 10.6 Å². The summed E-state index contributed by atoms with van der Waals surface area (Å²) >= 11 is 0. The Balaban J connectivity index is 0.00000529. The zero-order valence-corrected chi connectivity index (χ0v) is 18.0. The number of hydrogen-bond donors (Lipinski definition) is 3. The van der Waals surface area contributed by atoms with Crippen LogP contribution in [0.1, 0.15) is 58.9 Å². The SMILES string of the molecule is CCNC(=NCC(O)(CC)CC)NC(C)C(C)c1ccccc1.I. The predicted molar refractivity (Wildman–Crippen MR) is 114 cm³/mol. The van der Waals surface area contributed by atoms with Gasteiger partial charge in [-0.3, -0.25) is 4.99 Å². The average molecular weight is 447 g/mol. The molecule has 2 unspecified atom stereocenters. The minimum Gasteiger partial charge on any atom is -0.388 e. The molecular weight excluding hydrogens is 413 g/mol. The van der Waals surface area contributed by atoms with E-state index in [9.17, 15) is 5.11 Å². The van der Waals surface area contributed by atoms with Gasteiger partial charge in [0.25, 0.3) is 0 Å². The highest BCUT2D eigenvalue weighted by Crippen LogP contribution is 2.19. The van der Waals surface area contributed by atoms with E-state index < -0.39 is 5.60 Å². The Hall–Kier alpha value is -0.820. The minimum absolute atomic E-state index is 0. The van der Waals surface area contributed by atoms with E-state index in [-0.39, 0.29) is 30.0 Å². The van der Waals surface area contributed by atoms with Crippen LogP contribution >= 0.6 is 24.0 Å². The van der Waals surface area contributed by atoms with Crippen molar-refractivity contribution in [3.05, 3.63) is 35.9 Å². The van der Waals surface area contributed by atoms with Crippen LogP contribution in [0.15, 0.2) is 35.3 Å². The Kier molecular flexibility index (Phi) is 11.3. The molecule has 0 aromatic heterocycles. The molecule has 0 bridgehead atoms. The van der Waals surface area contributed by atoms with Gasteiger partial charge in [-0.15, -0.1) is 24.0 Å². The van der Waals surface area contributed by atoms with Gasteiger partial charge in [0.1, 0.15) is 0 Å². The maximum Gasteiger partial charge on any atom is 0.191 e. The lowest BCUT2D eigenvalue weighted by atomic mass is 9.94. The molecule has 0 aliphatic carbocycles. The summed E-state index contributed by atoms with van der Waals surface area (Å²) in [5, 5.41) is 17.1. The summed E-state index contributed by atoms with van der Waals surface area (Å²) in [6.07, 6.45) is 1.42. The number of nitrogens with one attached hydrogen (secondary N) is 2. The fraction of sp³-hybridized carbons (Fsp3) is 0.632. The van der Waals surface area contributed by atoms with E-state index in [4.69, 9.17) is 0 Å². The van der Waals surface area contributed by atoms with Crippen LogP contribution < -0.4 is 10.6 Å². The topological polar surface area (TPSA) is 56.7 Å². The number of halogens is 1. The normalized spacial score (nSPS) is 14.5. The summed E-state index contributed by atoms with van der Waals surface area (Å²) in [6.45, 7) is 11.6. The van der Waals surface area contributed by atoms with E-state index in [2.05, 4.69) is 53.7 Å². The molecule has 138 valence electrons. The molecule has 0 aliphatic heterocycles. The number of guanidine groups is 1. The fourth-order valence-corrected chi connectivity index (χ4v) is 2.41. The van der Waals surface area contributed by atoms with Crippen molar-refractivity contribution < 1.29 is 5.11 Å². The second-order valence-electron chi connectivity index (χ2n) is 6.26. The smallest absolute Gasteiger partial charge is 0.191 e. The van der Waals surface area contributed by atoms with Gasteiger partial charge in [0.05, 0.1) is 12.1 Å². The van der Waals surface area contributed by atoms with Crippen LogP contribution in [-0.2, 0) is 0 Å². The second kappa shape index (κ2) is 11.7. The molecule has 0 aliphatic rings. The standard InChI is InChI=1S/C19H33N3O.HI/c1-6-19(23,7-2)14-21-18(20-8-3)22-16(5)15(4)17-12-10-9-11-13-17;/h9-13,15-16,23H,6-8,14H2,1-5H3,(H2,20,21,22);1H. The van der Waals surface area contributed by atoms with Crippen molar-refractivity contribution in [3.8, 4) is 0 Å². The van der Waals surface area contributed by atoms with Crippen LogP contribution in [0, 0.1) is 0 Å². The summed E-state index contributed by atoms with van der Waals surface area (Å²) in [4.78, 5) is 4.59. The van der Waals surface area contributed by atoms with Crippen LogP contribution in [0.25, 0.3) is 0 Å². The molecule has 0 radical (unpaired) electrons. The van der Waals surface area contributed by atoms with E-state index in [0.717, 1.165) is 12.5 Å². The van der Waals surface area contributed by atoms with E-state index >= 15 is 0 Å². The Labute approximate surface area is 164 Å². The van der Waals surface area contributed by atoms with Gasteiger partial charge in [-0.1, -0.05) is 51.1 Å². The van der Waals surface area contributed by atoms with Crippen LogP contribution in [0.3, 0.4) is 0 Å². The van der Waals surface area contributed by atoms with Crippen molar-refractivity contribution in [2.75, 3.05) is 13.1 Å². The number of benzene rings is 1. The van der Waals surface area contributed by atoms with Gasteiger partial charge >= 0.3 is 0 Å². The molecule has 0 fully saturated rings. The summed E-state index contributed by atoms with van der Waals surface area (Å²) < 4.78 is 0. The summed E-state index contributed by atoms with van der Waals surface area (Å²) in [5.74, 6) is 1.14.